The molecule has 0 radical (unpaired) electrons. The third-order valence-electron chi connectivity index (χ3n) is 3.90. The van der Waals surface area contributed by atoms with Crippen molar-refractivity contribution in [2.45, 2.75) is 19.3 Å². The molecule has 0 aromatic heterocycles. The van der Waals surface area contributed by atoms with Crippen LogP contribution in [0.25, 0.3) is 0 Å². The summed E-state index contributed by atoms with van der Waals surface area (Å²) < 4.78 is 13.7. The molecule has 0 atom stereocenters. The number of carbonyl (C=O) groups is 2. The number of nitrogens with one attached hydrogen (secondary N) is 1. The Morgan fingerprint density at radius 3 is 2.58 bits per heavy atom. The van der Waals surface area contributed by atoms with Crippen LogP contribution in [-0.2, 0) is 16.0 Å². The fourth-order valence-corrected chi connectivity index (χ4v) is 2.85. The van der Waals surface area contributed by atoms with Gasteiger partial charge in [0, 0.05) is 29.4 Å². The first kappa shape index (κ1) is 16.5. The van der Waals surface area contributed by atoms with Gasteiger partial charge in [-0.15, -0.1) is 0 Å². The first-order chi connectivity index (χ1) is 11.5. The second-order valence-corrected chi connectivity index (χ2v) is 6.09. The molecule has 0 spiro atoms. The Morgan fingerprint density at radius 1 is 1.21 bits per heavy atom. The fraction of sp³-hybridized carbons (Fsp3) is 0.222. The molecule has 3 rings (SSSR count). The summed E-state index contributed by atoms with van der Waals surface area (Å²) in [5.41, 5.74) is 1.71. The van der Waals surface area contributed by atoms with E-state index in [2.05, 4.69) is 5.32 Å². The van der Waals surface area contributed by atoms with Crippen molar-refractivity contribution in [3.05, 3.63) is 58.9 Å². The molecule has 0 bridgehead atoms. The van der Waals surface area contributed by atoms with E-state index in [1.54, 1.807) is 35.2 Å². The maximum absolute atomic E-state index is 13.7. The minimum Gasteiger partial charge on any atom is -0.326 e. The molecule has 2 amide bonds. The Labute approximate surface area is 144 Å². The number of nitrogens with zero attached hydrogens (tertiary/aromatic N) is 1. The smallest absolute Gasteiger partial charge is 0.228 e. The quantitative estimate of drug-likeness (QED) is 0.915. The third kappa shape index (κ3) is 3.74. The second kappa shape index (κ2) is 7.01. The van der Waals surface area contributed by atoms with Crippen molar-refractivity contribution in [2.75, 3.05) is 16.8 Å². The summed E-state index contributed by atoms with van der Waals surface area (Å²) in [7, 11) is 0. The summed E-state index contributed by atoms with van der Waals surface area (Å²) in [4.78, 5) is 25.5. The van der Waals surface area contributed by atoms with Crippen molar-refractivity contribution in [1.29, 1.82) is 0 Å². The molecule has 1 heterocycles. The average Bonchev–Trinajstić information content (AvgIpc) is 2.97. The monoisotopic (exact) mass is 346 g/mol. The van der Waals surface area contributed by atoms with Gasteiger partial charge in [-0.2, -0.15) is 0 Å². The van der Waals surface area contributed by atoms with Crippen LogP contribution in [-0.4, -0.2) is 18.4 Å². The topological polar surface area (TPSA) is 49.4 Å². The molecule has 4 nitrogen and oxygen atoms in total. The Bertz CT molecular complexity index is 777. The van der Waals surface area contributed by atoms with E-state index in [1.807, 2.05) is 0 Å². The average molecular weight is 347 g/mol. The maximum atomic E-state index is 13.7. The van der Waals surface area contributed by atoms with E-state index in [0.29, 0.717) is 17.1 Å². The number of carbonyl (C=O) groups excluding carboxylic acids is 2. The summed E-state index contributed by atoms with van der Waals surface area (Å²) in [6.07, 6.45) is 1.37. The molecular formula is C18H16ClFN2O2. The Morgan fingerprint density at radius 2 is 1.96 bits per heavy atom. The lowest BCUT2D eigenvalue weighted by Gasteiger charge is -2.16. The lowest BCUT2D eigenvalue weighted by molar-refractivity contribution is -0.117. The van der Waals surface area contributed by atoms with Crippen LogP contribution in [0.1, 0.15) is 18.4 Å². The Balaban J connectivity index is 1.63. The zero-order chi connectivity index (χ0) is 17.1. The number of amides is 2. The highest BCUT2D eigenvalue weighted by atomic mass is 35.5. The lowest BCUT2D eigenvalue weighted by atomic mass is 10.1. The molecule has 124 valence electrons. The first-order valence-corrected chi connectivity index (χ1v) is 8.05. The molecular weight excluding hydrogens is 331 g/mol. The van der Waals surface area contributed by atoms with Gasteiger partial charge in [0.2, 0.25) is 11.8 Å². The molecule has 1 aliphatic heterocycles. The SMILES string of the molecule is O=C(Cc1ccc(Cl)cc1F)Nc1ccc(N2CCCC2=O)cc1. The van der Waals surface area contributed by atoms with Gasteiger partial charge in [-0.25, -0.2) is 4.39 Å². The van der Waals surface area contributed by atoms with E-state index in [1.165, 1.54) is 12.1 Å². The molecule has 1 N–H and O–H groups in total. The van der Waals surface area contributed by atoms with E-state index in [4.69, 9.17) is 11.6 Å². The minimum atomic E-state index is -0.499. The van der Waals surface area contributed by atoms with Crippen LogP contribution in [0, 0.1) is 5.82 Å². The largest absolute Gasteiger partial charge is 0.326 e. The van der Waals surface area contributed by atoms with E-state index in [0.717, 1.165) is 18.7 Å². The number of benzene rings is 2. The van der Waals surface area contributed by atoms with Gasteiger partial charge in [-0.05, 0) is 48.4 Å². The summed E-state index contributed by atoms with van der Waals surface area (Å²) >= 11 is 5.69. The van der Waals surface area contributed by atoms with E-state index >= 15 is 0 Å². The van der Waals surface area contributed by atoms with Gasteiger partial charge in [-0.3, -0.25) is 9.59 Å². The highest BCUT2D eigenvalue weighted by Gasteiger charge is 2.21. The summed E-state index contributed by atoms with van der Waals surface area (Å²) in [5, 5.41) is 3.01. The molecule has 2 aromatic carbocycles. The molecule has 6 heteroatoms. The standard InChI is InChI=1S/C18H16ClFN2O2/c19-13-4-3-12(16(20)11-13)10-17(23)21-14-5-7-15(8-6-14)22-9-1-2-18(22)24/h3-8,11H,1-2,9-10H2,(H,21,23). The summed E-state index contributed by atoms with van der Waals surface area (Å²) in [5.74, 6) is -0.702. The highest BCUT2D eigenvalue weighted by molar-refractivity contribution is 6.30. The number of anilines is 2. The first-order valence-electron chi connectivity index (χ1n) is 7.67. The van der Waals surface area contributed by atoms with Crippen molar-refractivity contribution in [3.8, 4) is 0 Å². The number of rotatable bonds is 4. The molecule has 1 saturated heterocycles. The van der Waals surface area contributed by atoms with Crippen molar-refractivity contribution in [1.82, 2.24) is 0 Å². The van der Waals surface area contributed by atoms with Crippen LogP contribution < -0.4 is 10.2 Å². The van der Waals surface area contributed by atoms with Gasteiger partial charge in [0.15, 0.2) is 0 Å². The maximum Gasteiger partial charge on any atom is 0.228 e. The van der Waals surface area contributed by atoms with Crippen molar-refractivity contribution in [3.63, 3.8) is 0 Å². The molecule has 0 unspecified atom stereocenters. The van der Waals surface area contributed by atoms with Crippen LogP contribution in [0.2, 0.25) is 5.02 Å². The predicted octanol–water partition coefficient (Wildman–Crippen LogP) is 3.79. The van der Waals surface area contributed by atoms with Crippen molar-refractivity contribution in [2.24, 2.45) is 0 Å². The second-order valence-electron chi connectivity index (χ2n) is 5.66. The molecule has 1 aliphatic rings. The van der Waals surface area contributed by atoms with Gasteiger partial charge < -0.3 is 10.2 Å². The molecule has 1 fully saturated rings. The van der Waals surface area contributed by atoms with Crippen LogP contribution in [0.3, 0.4) is 0 Å². The molecule has 0 saturated carbocycles. The zero-order valence-electron chi connectivity index (χ0n) is 12.9. The number of halogens is 2. The number of hydrogen-bond acceptors (Lipinski definition) is 2. The van der Waals surface area contributed by atoms with Gasteiger partial charge in [0.25, 0.3) is 0 Å². The lowest BCUT2D eigenvalue weighted by Crippen LogP contribution is -2.23. The number of hydrogen-bond donors (Lipinski definition) is 1. The van der Waals surface area contributed by atoms with Crippen LogP contribution in [0.15, 0.2) is 42.5 Å². The van der Waals surface area contributed by atoms with Gasteiger partial charge in [-0.1, -0.05) is 17.7 Å². The van der Waals surface area contributed by atoms with Gasteiger partial charge >= 0.3 is 0 Å². The molecule has 24 heavy (non-hydrogen) atoms. The van der Waals surface area contributed by atoms with E-state index < -0.39 is 5.82 Å². The summed E-state index contributed by atoms with van der Waals surface area (Å²) in [6.45, 7) is 0.723. The molecule has 2 aromatic rings. The Kier molecular flexibility index (Phi) is 4.81. The van der Waals surface area contributed by atoms with E-state index in [9.17, 15) is 14.0 Å². The third-order valence-corrected chi connectivity index (χ3v) is 4.14. The predicted molar refractivity (Wildman–Crippen MR) is 91.8 cm³/mol. The highest BCUT2D eigenvalue weighted by Crippen LogP contribution is 2.23. The van der Waals surface area contributed by atoms with Crippen LogP contribution in [0.5, 0.6) is 0 Å². The van der Waals surface area contributed by atoms with Crippen LogP contribution >= 0.6 is 11.6 Å². The van der Waals surface area contributed by atoms with Gasteiger partial charge in [0.05, 0.1) is 6.42 Å². The molecule has 0 aliphatic carbocycles. The van der Waals surface area contributed by atoms with Crippen molar-refractivity contribution >= 4 is 34.8 Å². The Hall–Kier alpha value is -2.40. The normalized spacial score (nSPS) is 14.1. The van der Waals surface area contributed by atoms with Crippen LogP contribution in [0.4, 0.5) is 15.8 Å². The zero-order valence-corrected chi connectivity index (χ0v) is 13.6. The summed E-state index contributed by atoms with van der Waals surface area (Å²) in [6, 6.07) is 11.3. The fourth-order valence-electron chi connectivity index (χ4n) is 2.69. The minimum absolute atomic E-state index is 0.0740. The van der Waals surface area contributed by atoms with Crippen molar-refractivity contribution < 1.29 is 14.0 Å². The van der Waals surface area contributed by atoms with Gasteiger partial charge in [0.1, 0.15) is 5.82 Å². The van der Waals surface area contributed by atoms with E-state index in [-0.39, 0.29) is 23.8 Å².